The van der Waals surface area contributed by atoms with E-state index in [9.17, 15) is 0 Å². The highest BCUT2D eigenvalue weighted by molar-refractivity contribution is 7.80. The van der Waals surface area contributed by atoms with Gasteiger partial charge in [0.25, 0.3) is 0 Å². The van der Waals surface area contributed by atoms with Crippen LogP contribution in [-0.2, 0) is 0 Å². The molecule has 0 N–H and O–H groups in total. The van der Waals surface area contributed by atoms with Gasteiger partial charge in [-0.15, -0.1) is 0 Å². The molecule has 0 saturated carbocycles. The van der Waals surface area contributed by atoms with Crippen LogP contribution in [0.5, 0.6) is 0 Å². The Morgan fingerprint density at radius 3 is 2.22 bits per heavy atom. The van der Waals surface area contributed by atoms with Gasteiger partial charge in [-0.2, -0.15) is 12.6 Å². The molecule has 0 amide bonds. The van der Waals surface area contributed by atoms with Crippen molar-refractivity contribution in [1.82, 2.24) is 4.90 Å². The van der Waals surface area contributed by atoms with Crippen molar-refractivity contribution in [3.63, 3.8) is 0 Å². The Morgan fingerprint density at radius 1 is 1.11 bits per heavy atom. The lowest BCUT2D eigenvalue weighted by Gasteiger charge is -2.29. The summed E-state index contributed by atoms with van der Waals surface area (Å²) in [5.74, 6) is 2.19. The summed E-state index contributed by atoms with van der Waals surface area (Å²) in [6.07, 6.45) is 1.25. The third-order valence-corrected chi connectivity index (χ3v) is 4.01. The zero-order chi connectivity index (χ0) is 13.5. The molecule has 0 radical (unpaired) electrons. The van der Waals surface area contributed by atoms with Gasteiger partial charge >= 0.3 is 0 Å². The normalized spacial score (nSPS) is 15.1. The number of rotatable bonds is 7. The van der Waals surface area contributed by atoms with Crippen molar-refractivity contribution in [2.24, 2.45) is 5.92 Å². The number of likely N-dealkylation sites (N-methyl/N-ethyl adjacent to an activating group) is 1. The van der Waals surface area contributed by atoms with Crippen molar-refractivity contribution in [1.29, 1.82) is 0 Å². The Hall–Kier alpha value is -0.470. The van der Waals surface area contributed by atoms with E-state index in [0.717, 1.165) is 18.2 Å². The molecule has 0 aromatic heterocycles. The minimum atomic E-state index is 0.522. The standard InChI is InChI=1S/C16H27NS/c1-13(2)10-14(3)17(4)11-16(12-18)15-8-6-5-7-9-15/h5-9,13-14,16,18H,10-12H2,1-4H3. The van der Waals surface area contributed by atoms with Crippen molar-refractivity contribution < 1.29 is 0 Å². The first-order chi connectivity index (χ1) is 8.54. The largest absolute Gasteiger partial charge is 0.303 e. The van der Waals surface area contributed by atoms with Crippen molar-refractivity contribution in [3.8, 4) is 0 Å². The van der Waals surface area contributed by atoms with Crippen LogP contribution >= 0.6 is 12.6 Å². The molecule has 0 heterocycles. The topological polar surface area (TPSA) is 3.24 Å². The highest BCUT2D eigenvalue weighted by Crippen LogP contribution is 2.20. The fourth-order valence-corrected chi connectivity index (χ4v) is 2.71. The van der Waals surface area contributed by atoms with Crippen LogP contribution in [0.3, 0.4) is 0 Å². The molecule has 1 nitrogen and oxygen atoms in total. The molecule has 2 unspecified atom stereocenters. The second-order valence-electron chi connectivity index (χ2n) is 5.71. The van der Waals surface area contributed by atoms with Gasteiger partial charge in [-0.05, 0) is 37.6 Å². The highest BCUT2D eigenvalue weighted by atomic mass is 32.1. The summed E-state index contributed by atoms with van der Waals surface area (Å²) in [7, 11) is 2.23. The van der Waals surface area contributed by atoms with Gasteiger partial charge in [-0.3, -0.25) is 0 Å². The lowest BCUT2D eigenvalue weighted by Crippen LogP contribution is -2.34. The van der Waals surface area contributed by atoms with Crippen molar-refractivity contribution in [3.05, 3.63) is 35.9 Å². The Morgan fingerprint density at radius 2 is 1.72 bits per heavy atom. The molecule has 2 atom stereocenters. The molecule has 0 spiro atoms. The first kappa shape index (κ1) is 15.6. The number of nitrogens with zero attached hydrogens (tertiary/aromatic N) is 1. The molecule has 2 heteroatoms. The van der Waals surface area contributed by atoms with Gasteiger partial charge < -0.3 is 4.90 Å². The predicted molar refractivity (Wildman–Crippen MR) is 84.6 cm³/mol. The van der Waals surface area contributed by atoms with E-state index >= 15 is 0 Å². The number of hydrogen-bond acceptors (Lipinski definition) is 2. The molecule has 0 bridgehead atoms. The van der Waals surface area contributed by atoms with E-state index in [2.05, 4.69) is 75.7 Å². The molecule has 0 saturated heterocycles. The molecular weight excluding hydrogens is 238 g/mol. The minimum Gasteiger partial charge on any atom is -0.303 e. The zero-order valence-electron chi connectivity index (χ0n) is 12.1. The average Bonchev–Trinajstić information content (AvgIpc) is 2.35. The number of thiol groups is 1. The summed E-state index contributed by atoms with van der Waals surface area (Å²) in [5, 5.41) is 0. The van der Waals surface area contributed by atoms with Gasteiger partial charge in [0.2, 0.25) is 0 Å². The molecule has 102 valence electrons. The Bertz CT molecular complexity index is 323. The van der Waals surface area contributed by atoms with E-state index in [1.54, 1.807) is 0 Å². The maximum Gasteiger partial charge on any atom is 0.00665 e. The van der Waals surface area contributed by atoms with E-state index in [4.69, 9.17) is 0 Å². The van der Waals surface area contributed by atoms with Crippen molar-refractivity contribution in [2.75, 3.05) is 19.3 Å². The van der Waals surface area contributed by atoms with E-state index in [1.807, 2.05) is 0 Å². The van der Waals surface area contributed by atoms with Crippen LogP contribution in [0, 0.1) is 5.92 Å². The van der Waals surface area contributed by atoms with Gasteiger partial charge in [0, 0.05) is 18.5 Å². The zero-order valence-corrected chi connectivity index (χ0v) is 13.0. The third-order valence-electron chi connectivity index (χ3n) is 3.56. The Balaban J connectivity index is 2.58. The van der Waals surface area contributed by atoms with Crippen LogP contribution in [0.2, 0.25) is 0 Å². The van der Waals surface area contributed by atoms with Crippen molar-refractivity contribution in [2.45, 2.75) is 39.2 Å². The molecule has 1 aromatic rings. The van der Waals surface area contributed by atoms with E-state index in [-0.39, 0.29) is 0 Å². The molecule has 0 fully saturated rings. The predicted octanol–water partition coefficient (Wildman–Crippen LogP) is 4.07. The van der Waals surface area contributed by atoms with E-state index in [1.165, 1.54) is 12.0 Å². The molecule has 0 aliphatic heterocycles. The second kappa shape index (κ2) is 7.85. The monoisotopic (exact) mass is 265 g/mol. The molecule has 0 aliphatic carbocycles. The maximum atomic E-state index is 4.51. The maximum absolute atomic E-state index is 4.51. The van der Waals surface area contributed by atoms with E-state index < -0.39 is 0 Å². The van der Waals surface area contributed by atoms with Crippen LogP contribution in [0.4, 0.5) is 0 Å². The highest BCUT2D eigenvalue weighted by Gasteiger charge is 2.16. The third kappa shape index (κ3) is 5.03. The van der Waals surface area contributed by atoms with Gasteiger partial charge in [-0.1, -0.05) is 44.2 Å². The molecular formula is C16H27NS. The van der Waals surface area contributed by atoms with E-state index in [0.29, 0.717) is 12.0 Å². The van der Waals surface area contributed by atoms with Crippen molar-refractivity contribution >= 4 is 12.6 Å². The minimum absolute atomic E-state index is 0.522. The van der Waals surface area contributed by atoms with Gasteiger partial charge in [0.05, 0.1) is 0 Å². The Labute approximate surface area is 118 Å². The van der Waals surface area contributed by atoms with Crippen LogP contribution in [0.25, 0.3) is 0 Å². The SMILES string of the molecule is CC(C)CC(C)N(C)CC(CS)c1ccccc1. The fourth-order valence-electron chi connectivity index (χ4n) is 2.38. The second-order valence-corrected chi connectivity index (χ2v) is 6.07. The smallest absolute Gasteiger partial charge is 0.00665 e. The van der Waals surface area contributed by atoms with Gasteiger partial charge in [-0.25, -0.2) is 0 Å². The summed E-state index contributed by atoms with van der Waals surface area (Å²) >= 11 is 4.51. The summed E-state index contributed by atoms with van der Waals surface area (Å²) in [5.41, 5.74) is 1.40. The summed E-state index contributed by atoms with van der Waals surface area (Å²) < 4.78 is 0. The lowest BCUT2D eigenvalue weighted by molar-refractivity contribution is 0.219. The molecule has 1 aromatic carbocycles. The number of hydrogen-bond donors (Lipinski definition) is 1. The summed E-state index contributed by atoms with van der Waals surface area (Å²) in [4.78, 5) is 2.47. The van der Waals surface area contributed by atoms with Crippen LogP contribution < -0.4 is 0 Å². The molecule has 1 rings (SSSR count). The molecule has 0 aliphatic rings. The number of benzene rings is 1. The quantitative estimate of drug-likeness (QED) is 0.727. The van der Waals surface area contributed by atoms with Gasteiger partial charge in [0.1, 0.15) is 0 Å². The van der Waals surface area contributed by atoms with Crippen LogP contribution in [0.15, 0.2) is 30.3 Å². The lowest BCUT2D eigenvalue weighted by atomic mass is 9.98. The van der Waals surface area contributed by atoms with Crippen LogP contribution in [0.1, 0.15) is 38.7 Å². The van der Waals surface area contributed by atoms with Crippen LogP contribution in [-0.4, -0.2) is 30.3 Å². The average molecular weight is 265 g/mol. The molecule has 18 heavy (non-hydrogen) atoms. The Kier molecular flexibility index (Phi) is 6.80. The van der Waals surface area contributed by atoms with Gasteiger partial charge in [0.15, 0.2) is 0 Å². The summed E-state index contributed by atoms with van der Waals surface area (Å²) in [6, 6.07) is 11.4. The fraction of sp³-hybridized carbons (Fsp3) is 0.625. The summed E-state index contributed by atoms with van der Waals surface area (Å²) in [6.45, 7) is 7.98. The first-order valence-corrected chi connectivity index (χ1v) is 7.53. The first-order valence-electron chi connectivity index (χ1n) is 6.90.